The Labute approximate surface area is 102 Å². The first-order valence-electron chi connectivity index (χ1n) is 5.93. The SMILES string of the molecule is NCC#CCN1CCN(c2ccncc2)CC1. The highest BCUT2D eigenvalue weighted by Gasteiger charge is 2.15. The molecule has 0 atom stereocenters. The Balaban J connectivity index is 1.82. The lowest BCUT2D eigenvalue weighted by molar-refractivity contribution is 0.288. The summed E-state index contributed by atoms with van der Waals surface area (Å²) >= 11 is 0. The summed E-state index contributed by atoms with van der Waals surface area (Å²) < 4.78 is 0. The average Bonchev–Trinajstić information content (AvgIpc) is 2.41. The van der Waals surface area contributed by atoms with Crippen molar-refractivity contribution in [3.63, 3.8) is 0 Å². The molecule has 0 aromatic carbocycles. The van der Waals surface area contributed by atoms with Gasteiger partial charge >= 0.3 is 0 Å². The molecule has 0 amide bonds. The lowest BCUT2D eigenvalue weighted by Crippen LogP contribution is -2.46. The number of nitrogens with two attached hydrogens (primary N) is 1. The molecular weight excluding hydrogens is 212 g/mol. The van der Waals surface area contributed by atoms with E-state index in [1.54, 1.807) is 0 Å². The Morgan fingerprint density at radius 3 is 2.47 bits per heavy atom. The van der Waals surface area contributed by atoms with Crippen molar-refractivity contribution in [1.29, 1.82) is 0 Å². The van der Waals surface area contributed by atoms with E-state index in [0.29, 0.717) is 6.54 Å². The normalized spacial score (nSPS) is 16.4. The Kier molecular flexibility index (Phi) is 4.37. The van der Waals surface area contributed by atoms with E-state index in [1.807, 2.05) is 12.4 Å². The first-order chi connectivity index (χ1) is 8.40. The van der Waals surface area contributed by atoms with Gasteiger partial charge in [0.05, 0.1) is 13.1 Å². The molecule has 1 aromatic rings. The molecule has 0 radical (unpaired) electrons. The molecule has 17 heavy (non-hydrogen) atoms. The lowest BCUT2D eigenvalue weighted by atomic mass is 10.2. The van der Waals surface area contributed by atoms with Crippen LogP contribution in [0, 0.1) is 11.8 Å². The summed E-state index contributed by atoms with van der Waals surface area (Å²) in [7, 11) is 0. The highest BCUT2D eigenvalue weighted by Crippen LogP contribution is 2.14. The van der Waals surface area contributed by atoms with E-state index >= 15 is 0 Å². The van der Waals surface area contributed by atoms with Crippen molar-refractivity contribution < 1.29 is 0 Å². The zero-order chi connectivity index (χ0) is 11.9. The number of aromatic nitrogens is 1. The molecular formula is C13H18N4. The van der Waals surface area contributed by atoms with Gasteiger partial charge in [0, 0.05) is 44.3 Å². The summed E-state index contributed by atoms with van der Waals surface area (Å²) in [4.78, 5) is 8.78. The van der Waals surface area contributed by atoms with E-state index in [4.69, 9.17) is 5.73 Å². The summed E-state index contributed by atoms with van der Waals surface area (Å²) in [5, 5.41) is 0. The fraction of sp³-hybridized carbons (Fsp3) is 0.462. The Hall–Kier alpha value is -1.57. The van der Waals surface area contributed by atoms with E-state index in [-0.39, 0.29) is 0 Å². The van der Waals surface area contributed by atoms with Crippen LogP contribution in [0.5, 0.6) is 0 Å². The molecule has 0 spiro atoms. The fourth-order valence-electron chi connectivity index (χ4n) is 1.96. The molecule has 1 aromatic heterocycles. The minimum Gasteiger partial charge on any atom is -0.369 e. The minimum absolute atomic E-state index is 0.455. The maximum Gasteiger partial charge on any atom is 0.0603 e. The average molecular weight is 230 g/mol. The second-order valence-corrected chi connectivity index (χ2v) is 4.03. The van der Waals surface area contributed by atoms with Crippen LogP contribution in [0.15, 0.2) is 24.5 Å². The number of nitrogens with zero attached hydrogens (tertiary/aromatic N) is 3. The third-order valence-corrected chi connectivity index (χ3v) is 2.93. The minimum atomic E-state index is 0.455. The standard InChI is InChI=1S/C13H18N4/c14-5-1-2-8-16-9-11-17(12-10-16)13-3-6-15-7-4-13/h3-4,6-7H,5,8-12,14H2. The zero-order valence-corrected chi connectivity index (χ0v) is 9.97. The molecule has 2 rings (SSSR count). The van der Waals surface area contributed by atoms with Gasteiger partial charge in [-0.05, 0) is 12.1 Å². The largest absolute Gasteiger partial charge is 0.369 e. The van der Waals surface area contributed by atoms with Crippen molar-refractivity contribution in [2.75, 3.05) is 44.2 Å². The van der Waals surface area contributed by atoms with E-state index in [1.165, 1.54) is 5.69 Å². The molecule has 1 aliphatic rings. The molecule has 0 saturated carbocycles. The van der Waals surface area contributed by atoms with Gasteiger partial charge in [-0.15, -0.1) is 0 Å². The van der Waals surface area contributed by atoms with Gasteiger partial charge in [-0.3, -0.25) is 9.88 Å². The van der Waals surface area contributed by atoms with Crippen molar-refractivity contribution in [3.8, 4) is 11.8 Å². The summed E-state index contributed by atoms with van der Waals surface area (Å²) in [5.41, 5.74) is 6.59. The van der Waals surface area contributed by atoms with Crippen molar-refractivity contribution >= 4 is 5.69 Å². The van der Waals surface area contributed by atoms with Gasteiger partial charge in [0.2, 0.25) is 0 Å². The Bertz CT molecular complexity index is 385. The van der Waals surface area contributed by atoms with Crippen molar-refractivity contribution in [2.24, 2.45) is 5.73 Å². The van der Waals surface area contributed by atoms with Gasteiger partial charge in [-0.25, -0.2) is 0 Å². The van der Waals surface area contributed by atoms with Crippen molar-refractivity contribution in [3.05, 3.63) is 24.5 Å². The Morgan fingerprint density at radius 1 is 1.12 bits per heavy atom. The molecule has 0 bridgehead atoms. The maximum absolute atomic E-state index is 5.34. The summed E-state index contributed by atoms with van der Waals surface area (Å²) in [6.45, 7) is 5.50. The van der Waals surface area contributed by atoms with Crippen LogP contribution in [-0.2, 0) is 0 Å². The van der Waals surface area contributed by atoms with Crippen LogP contribution in [0.3, 0.4) is 0 Å². The van der Waals surface area contributed by atoms with Crippen LogP contribution in [0.4, 0.5) is 5.69 Å². The van der Waals surface area contributed by atoms with Gasteiger partial charge in [0.25, 0.3) is 0 Å². The monoisotopic (exact) mass is 230 g/mol. The van der Waals surface area contributed by atoms with Crippen molar-refractivity contribution in [1.82, 2.24) is 9.88 Å². The van der Waals surface area contributed by atoms with E-state index in [0.717, 1.165) is 32.7 Å². The first-order valence-corrected chi connectivity index (χ1v) is 5.93. The van der Waals surface area contributed by atoms with E-state index < -0.39 is 0 Å². The van der Waals surface area contributed by atoms with Gasteiger partial charge in [0.1, 0.15) is 0 Å². The van der Waals surface area contributed by atoms with Gasteiger partial charge in [-0.1, -0.05) is 11.8 Å². The lowest BCUT2D eigenvalue weighted by Gasteiger charge is -2.35. The van der Waals surface area contributed by atoms with Crippen LogP contribution in [0.2, 0.25) is 0 Å². The van der Waals surface area contributed by atoms with E-state index in [9.17, 15) is 0 Å². The summed E-state index contributed by atoms with van der Waals surface area (Å²) in [6.07, 6.45) is 3.68. The molecule has 4 heteroatoms. The molecule has 90 valence electrons. The number of anilines is 1. The number of hydrogen-bond donors (Lipinski definition) is 1. The maximum atomic E-state index is 5.34. The molecule has 1 saturated heterocycles. The molecule has 4 nitrogen and oxygen atoms in total. The fourth-order valence-corrected chi connectivity index (χ4v) is 1.96. The topological polar surface area (TPSA) is 45.4 Å². The van der Waals surface area contributed by atoms with Gasteiger partial charge in [-0.2, -0.15) is 0 Å². The summed E-state index contributed by atoms with van der Waals surface area (Å²) in [5.74, 6) is 5.98. The van der Waals surface area contributed by atoms with Gasteiger partial charge < -0.3 is 10.6 Å². The van der Waals surface area contributed by atoms with Crippen LogP contribution in [0.1, 0.15) is 0 Å². The predicted molar refractivity (Wildman–Crippen MR) is 69.7 cm³/mol. The van der Waals surface area contributed by atoms with Crippen LogP contribution < -0.4 is 10.6 Å². The summed E-state index contributed by atoms with van der Waals surface area (Å²) in [6, 6.07) is 4.12. The zero-order valence-electron chi connectivity index (χ0n) is 9.97. The van der Waals surface area contributed by atoms with Crippen LogP contribution in [-0.4, -0.2) is 49.2 Å². The molecule has 2 heterocycles. The predicted octanol–water partition coefficient (Wildman–Crippen LogP) is 0.166. The molecule has 1 aliphatic heterocycles. The number of rotatable bonds is 2. The van der Waals surface area contributed by atoms with Crippen LogP contribution >= 0.6 is 0 Å². The first kappa shape index (κ1) is 11.9. The third kappa shape index (κ3) is 3.45. The quantitative estimate of drug-likeness (QED) is 0.735. The highest BCUT2D eigenvalue weighted by atomic mass is 15.3. The third-order valence-electron chi connectivity index (χ3n) is 2.93. The second-order valence-electron chi connectivity index (χ2n) is 4.03. The van der Waals surface area contributed by atoms with Gasteiger partial charge in [0.15, 0.2) is 0 Å². The molecule has 2 N–H and O–H groups in total. The molecule has 1 fully saturated rings. The Morgan fingerprint density at radius 2 is 1.82 bits per heavy atom. The number of hydrogen-bond acceptors (Lipinski definition) is 4. The second kappa shape index (κ2) is 6.24. The molecule has 0 unspecified atom stereocenters. The molecule has 0 aliphatic carbocycles. The van der Waals surface area contributed by atoms with E-state index in [2.05, 4.69) is 38.8 Å². The number of piperazine rings is 1. The highest BCUT2D eigenvalue weighted by molar-refractivity contribution is 5.44. The van der Waals surface area contributed by atoms with Crippen LogP contribution in [0.25, 0.3) is 0 Å². The smallest absolute Gasteiger partial charge is 0.0603 e. The number of pyridine rings is 1. The van der Waals surface area contributed by atoms with Crippen molar-refractivity contribution in [2.45, 2.75) is 0 Å².